The number of carbonyl (C=O) groups is 2. The van der Waals surface area contributed by atoms with E-state index in [9.17, 15) is 9.59 Å². The van der Waals surface area contributed by atoms with Gasteiger partial charge in [-0.25, -0.2) is 0 Å². The van der Waals surface area contributed by atoms with E-state index in [4.69, 9.17) is 18.9 Å². The molecule has 1 aromatic carbocycles. The second-order valence-electron chi connectivity index (χ2n) is 7.14. The van der Waals surface area contributed by atoms with E-state index in [0.717, 1.165) is 31.2 Å². The molecule has 1 aliphatic rings. The van der Waals surface area contributed by atoms with Gasteiger partial charge in [0, 0.05) is 19.8 Å². The minimum Gasteiger partial charge on any atom is -0.486 e. The minimum atomic E-state index is -0.428. The van der Waals surface area contributed by atoms with Crippen LogP contribution in [-0.2, 0) is 19.1 Å². The summed E-state index contributed by atoms with van der Waals surface area (Å²) in [7, 11) is 0. The lowest BCUT2D eigenvalue weighted by atomic mass is 10.1. The van der Waals surface area contributed by atoms with E-state index in [0.29, 0.717) is 37.9 Å². The third-order valence-corrected chi connectivity index (χ3v) is 4.56. The standard InChI is InChI=1S/C22H34N2O6/c1-3-5-9-27-15-21(25)23-14-18(24-22(26)16-28-10-6-4-2)17-7-8-19-20(13-17)30-12-11-29-19/h7-8,13,18H,3-6,9-12,14-16H2,1-2H3,(H,23,25)(H,24,26). The molecule has 1 aliphatic heterocycles. The van der Waals surface area contributed by atoms with E-state index in [1.165, 1.54) is 0 Å². The number of fused-ring (bicyclic) bond motifs is 1. The molecule has 0 saturated carbocycles. The molecule has 0 aliphatic carbocycles. The first-order chi connectivity index (χ1) is 14.6. The van der Waals surface area contributed by atoms with Crippen molar-refractivity contribution in [2.75, 3.05) is 46.2 Å². The van der Waals surface area contributed by atoms with Gasteiger partial charge in [0.2, 0.25) is 11.8 Å². The summed E-state index contributed by atoms with van der Waals surface area (Å²) in [6.45, 7) is 6.44. The fourth-order valence-electron chi connectivity index (χ4n) is 2.85. The summed E-state index contributed by atoms with van der Waals surface area (Å²) < 4.78 is 22.0. The summed E-state index contributed by atoms with van der Waals surface area (Å²) in [6.07, 6.45) is 3.85. The maximum absolute atomic E-state index is 12.3. The topological polar surface area (TPSA) is 95.1 Å². The van der Waals surface area contributed by atoms with Crippen molar-refractivity contribution in [2.24, 2.45) is 0 Å². The van der Waals surface area contributed by atoms with E-state index >= 15 is 0 Å². The Kier molecular flexibility index (Phi) is 11.0. The van der Waals surface area contributed by atoms with Crippen molar-refractivity contribution in [3.8, 4) is 11.5 Å². The van der Waals surface area contributed by atoms with Gasteiger partial charge in [0.1, 0.15) is 26.4 Å². The van der Waals surface area contributed by atoms with Crippen molar-refractivity contribution in [1.29, 1.82) is 0 Å². The number of nitrogens with one attached hydrogen (secondary N) is 2. The van der Waals surface area contributed by atoms with Gasteiger partial charge in [-0.3, -0.25) is 9.59 Å². The van der Waals surface area contributed by atoms with Crippen LogP contribution in [0.1, 0.15) is 51.1 Å². The van der Waals surface area contributed by atoms with Crippen LogP contribution in [-0.4, -0.2) is 58.0 Å². The van der Waals surface area contributed by atoms with Crippen molar-refractivity contribution in [1.82, 2.24) is 10.6 Å². The third kappa shape index (κ3) is 8.59. The van der Waals surface area contributed by atoms with Gasteiger partial charge >= 0.3 is 0 Å². The number of hydrogen-bond acceptors (Lipinski definition) is 6. The molecule has 168 valence electrons. The summed E-state index contributed by atoms with van der Waals surface area (Å²) in [6, 6.07) is 5.08. The number of benzene rings is 1. The molecule has 2 rings (SSSR count). The average Bonchev–Trinajstić information content (AvgIpc) is 2.77. The van der Waals surface area contributed by atoms with Gasteiger partial charge in [0.15, 0.2) is 11.5 Å². The summed E-state index contributed by atoms with van der Waals surface area (Å²) in [5, 5.41) is 5.76. The molecular formula is C22H34N2O6. The molecule has 1 heterocycles. The molecule has 30 heavy (non-hydrogen) atoms. The third-order valence-electron chi connectivity index (χ3n) is 4.56. The maximum atomic E-state index is 12.3. The van der Waals surface area contributed by atoms with Gasteiger partial charge in [-0.05, 0) is 30.5 Å². The largest absolute Gasteiger partial charge is 0.486 e. The molecule has 0 aromatic heterocycles. The van der Waals surface area contributed by atoms with Crippen LogP contribution in [0.4, 0.5) is 0 Å². The van der Waals surface area contributed by atoms with E-state index in [2.05, 4.69) is 24.5 Å². The molecule has 0 bridgehead atoms. The van der Waals surface area contributed by atoms with E-state index in [1.54, 1.807) is 0 Å². The van der Waals surface area contributed by atoms with Crippen molar-refractivity contribution >= 4 is 11.8 Å². The van der Waals surface area contributed by atoms with Gasteiger partial charge in [-0.15, -0.1) is 0 Å². The Balaban J connectivity index is 1.95. The summed E-state index contributed by atoms with van der Waals surface area (Å²) in [5.74, 6) is 0.847. The highest BCUT2D eigenvalue weighted by Crippen LogP contribution is 2.32. The van der Waals surface area contributed by atoms with Crippen LogP contribution < -0.4 is 20.1 Å². The number of rotatable bonds is 14. The maximum Gasteiger partial charge on any atom is 0.246 e. The zero-order chi connectivity index (χ0) is 21.6. The fourth-order valence-corrected chi connectivity index (χ4v) is 2.85. The molecule has 8 nitrogen and oxygen atoms in total. The van der Waals surface area contributed by atoms with Crippen molar-refractivity contribution < 1.29 is 28.5 Å². The Morgan fingerprint density at radius 3 is 2.27 bits per heavy atom. The number of hydrogen-bond donors (Lipinski definition) is 2. The predicted molar refractivity (Wildman–Crippen MR) is 113 cm³/mol. The number of ether oxygens (including phenoxy) is 4. The van der Waals surface area contributed by atoms with Crippen molar-refractivity contribution in [3.63, 3.8) is 0 Å². The smallest absolute Gasteiger partial charge is 0.246 e. The van der Waals surface area contributed by atoms with Gasteiger partial charge in [0.05, 0.1) is 6.04 Å². The molecule has 0 radical (unpaired) electrons. The van der Waals surface area contributed by atoms with Crippen molar-refractivity contribution in [3.05, 3.63) is 23.8 Å². The lowest BCUT2D eigenvalue weighted by Gasteiger charge is -2.23. The SMILES string of the molecule is CCCCOCC(=O)NCC(NC(=O)COCCCC)c1ccc2c(c1)OCCO2. The highest BCUT2D eigenvalue weighted by Gasteiger charge is 2.20. The van der Waals surface area contributed by atoms with Gasteiger partial charge < -0.3 is 29.6 Å². The summed E-state index contributed by atoms with van der Waals surface area (Å²) >= 11 is 0. The zero-order valence-electron chi connectivity index (χ0n) is 18.0. The van der Waals surface area contributed by atoms with Crippen LogP contribution in [0.3, 0.4) is 0 Å². The average molecular weight is 423 g/mol. The highest BCUT2D eigenvalue weighted by atomic mass is 16.6. The lowest BCUT2D eigenvalue weighted by molar-refractivity contribution is -0.128. The monoisotopic (exact) mass is 422 g/mol. The normalized spacial score (nSPS) is 13.5. The van der Waals surface area contributed by atoms with Gasteiger partial charge in [-0.1, -0.05) is 32.8 Å². The Bertz CT molecular complexity index is 667. The number of carbonyl (C=O) groups excluding carboxylic acids is 2. The molecule has 0 spiro atoms. The number of unbranched alkanes of at least 4 members (excludes halogenated alkanes) is 2. The molecule has 8 heteroatoms. The van der Waals surface area contributed by atoms with Gasteiger partial charge in [-0.2, -0.15) is 0 Å². The Hall–Kier alpha value is -2.32. The molecule has 0 saturated heterocycles. The first kappa shape index (κ1) is 24.0. The highest BCUT2D eigenvalue weighted by molar-refractivity contribution is 5.79. The van der Waals surface area contributed by atoms with Gasteiger partial charge in [0.25, 0.3) is 0 Å². The second-order valence-corrected chi connectivity index (χ2v) is 7.14. The van der Waals surface area contributed by atoms with Crippen LogP contribution in [0.5, 0.6) is 11.5 Å². The molecule has 0 fully saturated rings. The molecule has 2 N–H and O–H groups in total. The predicted octanol–water partition coefficient (Wildman–Crippen LogP) is 2.36. The zero-order valence-corrected chi connectivity index (χ0v) is 18.0. The minimum absolute atomic E-state index is 0.00192. The van der Waals surface area contributed by atoms with Crippen LogP contribution in [0, 0.1) is 0 Å². The van der Waals surface area contributed by atoms with E-state index in [-0.39, 0.29) is 31.6 Å². The lowest BCUT2D eigenvalue weighted by Crippen LogP contribution is -2.40. The van der Waals surface area contributed by atoms with Crippen molar-refractivity contribution in [2.45, 2.75) is 45.6 Å². The second kappa shape index (κ2) is 13.8. The van der Waals surface area contributed by atoms with Crippen LogP contribution in [0.25, 0.3) is 0 Å². The summed E-state index contributed by atoms with van der Waals surface area (Å²) in [5.41, 5.74) is 0.813. The Morgan fingerprint density at radius 2 is 1.60 bits per heavy atom. The van der Waals surface area contributed by atoms with E-state index in [1.807, 2.05) is 18.2 Å². The van der Waals surface area contributed by atoms with Crippen LogP contribution in [0.15, 0.2) is 18.2 Å². The Morgan fingerprint density at radius 1 is 0.967 bits per heavy atom. The Labute approximate surface area is 178 Å². The first-order valence-electron chi connectivity index (χ1n) is 10.7. The quantitative estimate of drug-likeness (QED) is 0.447. The van der Waals surface area contributed by atoms with E-state index < -0.39 is 6.04 Å². The molecule has 1 aromatic rings. The first-order valence-corrected chi connectivity index (χ1v) is 10.7. The fraction of sp³-hybridized carbons (Fsp3) is 0.636. The molecule has 1 atom stereocenters. The van der Waals surface area contributed by atoms with Crippen LogP contribution in [0.2, 0.25) is 0 Å². The number of amides is 2. The molecule has 1 unspecified atom stereocenters. The van der Waals surface area contributed by atoms with Crippen LogP contribution >= 0.6 is 0 Å². The summed E-state index contributed by atoms with van der Waals surface area (Å²) in [4.78, 5) is 24.4. The molecular weight excluding hydrogens is 388 g/mol. The molecule has 2 amide bonds.